The fourth-order valence-corrected chi connectivity index (χ4v) is 1.39. The summed E-state index contributed by atoms with van der Waals surface area (Å²) in [5.74, 6) is 0.170. The van der Waals surface area contributed by atoms with Crippen LogP contribution in [0.2, 0.25) is 0 Å². The van der Waals surface area contributed by atoms with Gasteiger partial charge in [-0.15, -0.1) is 0 Å². The molecule has 1 aromatic carbocycles. The molecule has 12 heavy (non-hydrogen) atoms. The number of ketones is 1. The molecule has 0 radical (unpaired) electrons. The first-order valence-corrected chi connectivity index (χ1v) is 3.94. The Morgan fingerprint density at radius 2 is 2.25 bits per heavy atom. The zero-order chi connectivity index (χ0) is 8.55. The monoisotopic (exact) mass is 159 g/mol. The van der Waals surface area contributed by atoms with E-state index in [2.05, 4.69) is 4.99 Å². The van der Waals surface area contributed by atoms with E-state index in [1.54, 1.807) is 6.21 Å². The Bertz CT molecular complexity index is 366. The highest BCUT2D eigenvalue weighted by molar-refractivity contribution is 6.10. The van der Waals surface area contributed by atoms with E-state index in [1.165, 1.54) is 0 Å². The molecule has 60 valence electrons. The second-order valence-electron chi connectivity index (χ2n) is 2.91. The summed E-state index contributed by atoms with van der Waals surface area (Å²) in [5.41, 5.74) is 2.67. The number of aryl methyl sites for hydroxylation is 1. The minimum Gasteiger partial charge on any atom is -0.294 e. The molecule has 1 heterocycles. The van der Waals surface area contributed by atoms with Crippen LogP contribution in [0.4, 0.5) is 5.69 Å². The van der Waals surface area contributed by atoms with Gasteiger partial charge in [-0.05, 0) is 18.6 Å². The van der Waals surface area contributed by atoms with E-state index in [1.807, 2.05) is 25.1 Å². The van der Waals surface area contributed by atoms with Crippen molar-refractivity contribution < 1.29 is 4.79 Å². The molecule has 1 aromatic rings. The van der Waals surface area contributed by atoms with E-state index in [0.717, 1.165) is 16.8 Å². The van der Waals surface area contributed by atoms with Gasteiger partial charge in [0, 0.05) is 18.2 Å². The predicted octanol–water partition coefficient (Wildman–Crippen LogP) is 2.28. The Morgan fingerprint density at radius 1 is 1.42 bits per heavy atom. The SMILES string of the molecule is Cc1cccc2c1N=CCC2=O. The highest BCUT2D eigenvalue weighted by atomic mass is 16.1. The molecule has 1 aliphatic rings. The Kier molecular flexibility index (Phi) is 1.54. The van der Waals surface area contributed by atoms with Gasteiger partial charge < -0.3 is 0 Å². The van der Waals surface area contributed by atoms with Gasteiger partial charge in [-0.25, -0.2) is 0 Å². The average molecular weight is 159 g/mol. The van der Waals surface area contributed by atoms with Gasteiger partial charge in [0.25, 0.3) is 0 Å². The van der Waals surface area contributed by atoms with Gasteiger partial charge in [0.2, 0.25) is 0 Å². The van der Waals surface area contributed by atoms with Crippen LogP contribution in [0.5, 0.6) is 0 Å². The number of Topliss-reactive ketones (excluding diaryl/α,β-unsaturated/α-hetero) is 1. The molecule has 0 spiro atoms. The normalized spacial score (nSPS) is 14.6. The number of hydrogen-bond acceptors (Lipinski definition) is 2. The lowest BCUT2D eigenvalue weighted by Crippen LogP contribution is -2.04. The molecular weight excluding hydrogens is 150 g/mol. The fraction of sp³-hybridized carbons (Fsp3) is 0.200. The molecule has 0 bridgehead atoms. The molecule has 0 N–H and O–H groups in total. The van der Waals surface area contributed by atoms with Gasteiger partial charge >= 0.3 is 0 Å². The van der Waals surface area contributed by atoms with Crippen molar-refractivity contribution >= 4 is 17.7 Å². The van der Waals surface area contributed by atoms with E-state index >= 15 is 0 Å². The maximum Gasteiger partial charge on any atom is 0.170 e. The van der Waals surface area contributed by atoms with Crippen molar-refractivity contribution in [2.24, 2.45) is 4.99 Å². The average Bonchev–Trinajstić information content (AvgIpc) is 2.07. The van der Waals surface area contributed by atoms with Gasteiger partial charge in [-0.1, -0.05) is 12.1 Å². The first kappa shape index (κ1) is 7.22. The quantitative estimate of drug-likeness (QED) is 0.571. The summed E-state index contributed by atoms with van der Waals surface area (Å²) in [7, 11) is 0. The molecule has 0 unspecified atom stereocenters. The van der Waals surface area contributed by atoms with Gasteiger partial charge in [-0.2, -0.15) is 0 Å². The van der Waals surface area contributed by atoms with Gasteiger partial charge in [-0.3, -0.25) is 9.79 Å². The minimum atomic E-state index is 0.170. The highest BCUT2D eigenvalue weighted by Gasteiger charge is 2.14. The van der Waals surface area contributed by atoms with Crippen LogP contribution in [0.1, 0.15) is 22.3 Å². The summed E-state index contributed by atoms with van der Waals surface area (Å²) in [5, 5.41) is 0. The Labute approximate surface area is 70.9 Å². The van der Waals surface area contributed by atoms with Crippen molar-refractivity contribution in [2.45, 2.75) is 13.3 Å². The number of rotatable bonds is 0. The first-order valence-electron chi connectivity index (χ1n) is 3.94. The van der Waals surface area contributed by atoms with E-state index < -0.39 is 0 Å². The molecule has 0 aromatic heterocycles. The Morgan fingerprint density at radius 3 is 3.00 bits per heavy atom. The van der Waals surface area contributed by atoms with Crippen LogP contribution >= 0.6 is 0 Å². The van der Waals surface area contributed by atoms with Crippen LogP contribution in [0, 0.1) is 6.92 Å². The topological polar surface area (TPSA) is 29.4 Å². The number of fused-ring (bicyclic) bond motifs is 1. The van der Waals surface area contributed by atoms with Crippen molar-refractivity contribution in [1.82, 2.24) is 0 Å². The molecule has 2 heteroatoms. The largest absolute Gasteiger partial charge is 0.294 e. The molecule has 1 aliphatic heterocycles. The molecule has 2 rings (SSSR count). The number of carbonyl (C=O) groups excluding carboxylic acids is 1. The smallest absolute Gasteiger partial charge is 0.170 e. The maximum atomic E-state index is 11.3. The lowest BCUT2D eigenvalue weighted by Gasteiger charge is -2.09. The zero-order valence-electron chi connectivity index (χ0n) is 6.87. The summed E-state index contributed by atoms with van der Waals surface area (Å²) < 4.78 is 0. The molecule has 0 atom stereocenters. The first-order chi connectivity index (χ1) is 5.79. The minimum absolute atomic E-state index is 0.170. The van der Waals surface area contributed by atoms with Crippen molar-refractivity contribution in [1.29, 1.82) is 0 Å². The summed E-state index contributed by atoms with van der Waals surface area (Å²) in [6, 6.07) is 5.70. The highest BCUT2D eigenvalue weighted by Crippen LogP contribution is 2.27. The summed E-state index contributed by atoms with van der Waals surface area (Å²) in [4.78, 5) is 15.5. The number of aliphatic imine (C=N–C) groups is 1. The third-order valence-corrected chi connectivity index (χ3v) is 2.04. The van der Waals surface area contributed by atoms with Crippen LogP contribution in [-0.2, 0) is 0 Å². The van der Waals surface area contributed by atoms with Crippen molar-refractivity contribution in [3.05, 3.63) is 29.3 Å². The second-order valence-corrected chi connectivity index (χ2v) is 2.91. The van der Waals surface area contributed by atoms with Gasteiger partial charge in [0.15, 0.2) is 5.78 Å². The van der Waals surface area contributed by atoms with Crippen molar-refractivity contribution in [2.75, 3.05) is 0 Å². The molecule has 0 fully saturated rings. The standard InChI is InChI=1S/C10H9NO/c1-7-3-2-4-8-9(12)5-6-11-10(7)8/h2-4,6H,5H2,1H3. The van der Waals surface area contributed by atoms with E-state index in [9.17, 15) is 4.79 Å². The summed E-state index contributed by atoms with van der Waals surface area (Å²) in [6.45, 7) is 1.97. The number of para-hydroxylation sites is 1. The third kappa shape index (κ3) is 0.961. The molecule has 0 saturated heterocycles. The number of nitrogens with zero attached hydrogens (tertiary/aromatic N) is 1. The zero-order valence-corrected chi connectivity index (χ0v) is 6.87. The number of benzene rings is 1. The molecule has 0 saturated carbocycles. The maximum absolute atomic E-state index is 11.3. The van der Waals surface area contributed by atoms with E-state index in [4.69, 9.17) is 0 Å². The summed E-state index contributed by atoms with van der Waals surface area (Å²) in [6.07, 6.45) is 2.12. The van der Waals surface area contributed by atoms with Crippen LogP contribution in [-0.4, -0.2) is 12.0 Å². The number of hydrogen-bond donors (Lipinski definition) is 0. The lowest BCUT2D eigenvalue weighted by atomic mass is 10.0. The van der Waals surface area contributed by atoms with E-state index in [0.29, 0.717) is 6.42 Å². The molecule has 0 amide bonds. The number of carbonyl (C=O) groups is 1. The lowest BCUT2D eigenvalue weighted by molar-refractivity contribution is 0.100. The van der Waals surface area contributed by atoms with Crippen LogP contribution < -0.4 is 0 Å². The Balaban J connectivity index is 2.69. The molecule has 0 aliphatic carbocycles. The van der Waals surface area contributed by atoms with Crippen LogP contribution in [0.25, 0.3) is 0 Å². The van der Waals surface area contributed by atoms with Crippen LogP contribution in [0.3, 0.4) is 0 Å². The second kappa shape index (κ2) is 2.55. The fourth-order valence-electron chi connectivity index (χ4n) is 1.39. The predicted molar refractivity (Wildman–Crippen MR) is 48.3 cm³/mol. The summed E-state index contributed by atoms with van der Waals surface area (Å²) >= 11 is 0. The molecular formula is C10H9NO. The third-order valence-electron chi connectivity index (χ3n) is 2.04. The Hall–Kier alpha value is -1.44. The van der Waals surface area contributed by atoms with Gasteiger partial charge in [0.1, 0.15) is 0 Å². The van der Waals surface area contributed by atoms with Crippen LogP contribution in [0.15, 0.2) is 23.2 Å². The molecule has 2 nitrogen and oxygen atoms in total. The van der Waals surface area contributed by atoms with Crippen molar-refractivity contribution in [3.8, 4) is 0 Å². The van der Waals surface area contributed by atoms with Gasteiger partial charge in [0.05, 0.1) is 5.69 Å². The van der Waals surface area contributed by atoms with E-state index in [-0.39, 0.29) is 5.78 Å². The van der Waals surface area contributed by atoms with Crippen molar-refractivity contribution in [3.63, 3.8) is 0 Å².